The number of quaternary nitrogens is 1. The number of ether oxygens (including phenoxy) is 1. The maximum absolute atomic E-state index is 11.7. The highest BCUT2D eigenvalue weighted by molar-refractivity contribution is 5.84. The Morgan fingerprint density at radius 1 is 1.27 bits per heavy atom. The summed E-state index contributed by atoms with van der Waals surface area (Å²) >= 11 is 0. The highest BCUT2D eigenvalue weighted by atomic mass is 16.5. The number of nitrogens with two attached hydrogens (primary N) is 1. The first-order chi connectivity index (χ1) is 10.6. The predicted molar refractivity (Wildman–Crippen MR) is 83.0 cm³/mol. The van der Waals surface area contributed by atoms with Gasteiger partial charge in [0.15, 0.2) is 6.54 Å². The van der Waals surface area contributed by atoms with Crippen LogP contribution in [0.15, 0.2) is 24.3 Å². The summed E-state index contributed by atoms with van der Waals surface area (Å²) in [4.78, 5) is 25.8. The van der Waals surface area contributed by atoms with Gasteiger partial charge in [-0.3, -0.25) is 9.59 Å². The van der Waals surface area contributed by atoms with Crippen LogP contribution < -0.4 is 25.6 Å². The number of benzene rings is 1. The summed E-state index contributed by atoms with van der Waals surface area (Å²) in [7, 11) is 1.65. The second-order valence-corrected chi connectivity index (χ2v) is 5.35. The molecule has 0 saturated carbocycles. The zero-order valence-corrected chi connectivity index (χ0v) is 12.8. The summed E-state index contributed by atoms with van der Waals surface area (Å²) in [6, 6.07) is 7.99. The largest absolute Gasteiger partial charge is 0.497 e. The van der Waals surface area contributed by atoms with E-state index in [4.69, 9.17) is 10.5 Å². The van der Waals surface area contributed by atoms with Gasteiger partial charge < -0.3 is 25.6 Å². The van der Waals surface area contributed by atoms with E-state index in [0.29, 0.717) is 6.54 Å². The second kappa shape index (κ2) is 7.65. The van der Waals surface area contributed by atoms with E-state index in [-0.39, 0.29) is 12.5 Å². The van der Waals surface area contributed by atoms with E-state index in [1.165, 1.54) is 4.90 Å². The highest BCUT2D eigenvalue weighted by Gasteiger charge is 2.22. The van der Waals surface area contributed by atoms with Crippen LogP contribution in [0, 0.1) is 0 Å². The molecule has 1 fully saturated rings. The van der Waals surface area contributed by atoms with Crippen LogP contribution in [0.4, 0.5) is 5.69 Å². The smallest absolute Gasteiger partial charge is 0.275 e. The number of primary amides is 1. The number of amides is 2. The number of nitrogens with one attached hydrogen (secondary N) is 2. The topological polar surface area (TPSA) is 89.1 Å². The Hall–Kier alpha value is -2.28. The Kier molecular flexibility index (Phi) is 5.60. The summed E-state index contributed by atoms with van der Waals surface area (Å²) in [6.07, 6.45) is 0. The molecule has 2 rings (SSSR count). The molecular weight excluding hydrogens is 284 g/mol. The number of carbonyl (C=O) groups is 2. The van der Waals surface area contributed by atoms with Gasteiger partial charge in [-0.15, -0.1) is 0 Å². The number of nitrogens with zero attached hydrogens (tertiary/aromatic N) is 1. The van der Waals surface area contributed by atoms with Crippen molar-refractivity contribution in [2.24, 2.45) is 5.73 Å². The van der Waals surface area contributed by atoms with Gasteiger partial charge in [-0.2, -0.15) is 0 Å². The van der Waals surface area contributed by atoms with Crippen LogP contribution >= 0.6 is 0 Å². The quantitative estimate of drug-likeness (QED) is 0.567. The van der Waals surface area contributed by atoms with E-state index in [9.17, 15) is 9.59 Å². The van der Waals surface area contributed by atoms with Crippen molar-refractivity contribution in [1.29, 1.82) is 0 Å². The zero-order chi connectivity index (χ0) is 15.9. The molecular formula is C15H23N4O3+. The second-order valence-electron chi connectivity index (χ2n) is 5.35. The molecule has 120 valence electrons. The fourth-order valence-corrected chi connectivity index (χ4v) is 2.53. The van der Waals surface area contributed by atoms with Gasteiger partial charge in [0.1, 0.15) is 5.75 Å². The lowest BCUT2D eigenvalue weighted by atomic mass is 10.2. The third-order valence-electron chi connectivity index (χ3n) is 3.78. The molecule has 1 saturated heterocycles. The van der Waals surface area contributed by atoms with Gasteiger partial charge in [-0.1, -0.05) is 0 Å². The molecule has 2 amide bonds. The molecule has 1 aliphatic heterocycles. The molecule has 1 aromatic rings. The van der Waals surface area contributed by atoms with E-state index < -0.39 is 5.91 Å². The molecule has 0 unspecified atom stereocenters. The molecule has 7 heteroatoms. The summed E-state index contributed by atoms with van der Waals surface area (Å²) in [6.45, 7) is 3.84. The van der Waals surface area contributed by atoms with Gasteiger partial charge in [0.2, 0.25) is 5.91 Å². The van der Waals surface area contributed by atoms with Crippen molar-refractivity contribution < 1.29 is 19.2 Å². The van der Waals surface area contributed by atoms with Crippen molar-refractivity contribution in [3.05, 3.63) is 24.3 Å². The van der Waals surface area contributed by atoms with Gasteiger partial charge in [0.05, 0.1) is 39.8 Å². The normalized spacial score (nSPS) is 15.4. The zero-order valence-electron chi connectivity index (χ0n) is 12.8. The lowest BCUT2D eigenvalue weighted by molar-refractivity contribution is -0.892. The lowest BCUT2D eigenvalue weighted by Gasteiger charge is -2.33. The number of anilines is 1. The highest BCUT2D eigenvalue weighted by Crippen LogP contribution is 2.18. The van der Waals surface area contributed by atoms with Crippen molar-refractivity contribution >= 4 is 17.5 Å². The third kappa shape index (κ3) is 4.63. The molecule has 22 heavy (non-hydrogen) atoms. The van der Waals surface area contributed by atoms with Gasteiger partial charge in [0, 0.05) is 5.69 Å². The molecule has 1 aromatic carbocycles. The van der Waals surface area contributed by atoms with Gasteiger partial charge >= 0.3 is 0 Å². The first-order valence-electron chi connectivity index (χ1n) is 7.36. The van der Waals surface area contributed by atoms with Crippen molar-refractivity contribution in [3.8, 4) is 5.75 Å². The number of piperazine rings is 1. The summed E-state index contributed by atoms with van der Waals surface area (Å²) < 4.78 is 5.16. The molecule has 0 aliphatic carbocycles. The van der Waals surface area contributed by atoms with E-state index in [1.54, 1.807) is 7.11 Å². The number of carbonyl (C=O) groups excluding carboxylic acids is 2. The van der Waals surface area contributed by atoms with Crippen LogP contribution in [0.5, 0.6) is 5.75 Å². The number of methoxy groups -OCH3 is 1. The maximum atomic E-state index is 11.7. The average Bonchev–Trinajstić information content (AvgIpc) is 2.54. The molecule has 0 spiro atoms. The van der Waals surface area contributed by atoms with E-state index >= 15 is 0 Å². The maximum Gasteiger partial charge on any atom is 0.275 e. The number of hydrogen-bond acceptors (Lipinski definition) is 4. The molecule has 7 nitrogen and oxygen atoms in total. The number of rotatable bonds is 6. The molecule has 0 radical (unpaired) electrons. The van der Waals surface area contributed by atoms with E-state index in [1.807, 2.05) is 24.3 Å². The monoisotopic (exact) mass is 307 g/mol. The molecule has 0 aromatic heterocycles. The number of hydrogen-bond donors (Lipinski definition) is 3. The summed E-state index contributed by atoms with van der Waals surface area (Å²) in [5, 5.41) is 2.52. The van der Waals surface area contributed by atoms with Crippen LogP contribution in [0.1, 0.15) is 0 Å². The van der Waals surface area contributed by atoms with Crippen LogP contribution in [0.3, 0.4) is 0 Å². The Bertz CT molecular complexity index is 510. The minimum absolute atomic E-state index is 0.0932. The Morgan fingerprint density at radius 2 is 1.91 bits per heavy atom. The van der Waals surface area contributed by atoms with Crippen LogP contribution in [-0.4, -0.2) is 58.2 Å². The molecule has 0 atom stereocenters. The SMILES string of the molecule is COc1ccc(N2CC[NH+](CC(=O)NCC(N)=O)CC2)cc1. The molecule has 0 bridgehead atoms. The van der Waals surface area contributed by atoms with Crippen LogP contribution in [-0.2, 0) is 9.59 Å². The fraction of sp³-hybridized carbons (Fsp3) is 0.467. The standard InChI is InChI=1S/C15H22N4O3/c1-22-13-4-2-12(3-5-13)19-8-6-18(7-9-19)11-15(21)17-10-14(16)20/h2-5H,6-11H2,1H3,(H2,16,20)(H,17,21)/p+1. The van der Waals surface area contributed by atoms with E-state index in [0.717, 1.165) is 37.6 Å². The predicted octanol–water partition coefficient (Wildman–Crippen LogP) is -2.00. The van der Waals surface area contributed by atoms with Gasteiger partial charge in [0.25, 0.3) is 5.91 Å². The fourth-order valence-electron chi connectivity index (χ4n) is 2.53. The van der Waals surface area contributed by atoms with Crippen molar-refractivity contribution in [2.45, 2.75) is 0 Å². The minimum atomic E-state index is -0.521. The first kappa shape index (κ1) is 16.1. The van der Waals surface area contributed by atoms with Crippen molar-refractivity contribution in [2.75, 3.05) is 51.3 Å². The van der Waals surface area contributed by atoms with Crippen molar-refractivity contribution in [1.82, 2.24) is 5.32 Å². The Labute approximate surface area is 130 Å². The average molecular weight is 307 g/mol. The third-order valence-corrected chi connectivity index (χ3v) is 3.78. The molecule has 4 N–H and O–H groups in total. The van der Waals surface area contributed by atoms with Crippen LogP contribution in [0.25, 0.3) is 0 Å². The molecule has 1 aliphatic rings. The summed E-state index contributed by atoms with van der Waals surface area (Å²) in [5.74, 6) is 0.193. The Morgan fingerprint density at radius 3 is 2.45 bits per heavy atom. The van der Waals surface area contributed by atoms with Gasteiger partial charge in [-0.05, 0) is 24.3 Å². The van der Waals surface area contributed by atoms with Gasteiger partial charge in [-0.25, -0.2) is 0 Å². The van der Waals surface area contributed by atoms with Crippen molar-refractivity contribution in [3.63, 3.8) is 0 Å². The Balaban J connectivity index is 1.77. The molecule has 1 heterocycles. The van der Waals surface area contributed by atoms with E-state index in [2.05, 4.69) is 10.2 Å². The van der Waals surface area contributed by atoms with Crippen LogP contribution in [0.2, 0.25) is 0 Å². The minimum Gasteiger partial charge on any atom is -0.497 e. The lowest BCUT2D eigenvalue weighted by Crippen LogP contribution is -3.16. The first-order valence-corrected chi connectivity index (χ1v) is 7.36. The summed E-state index contributed by atoms with van der Waals surface area (Å²) in [5.41, 5.74) is 6.17.